The first-order valence-corrected chi connectivity index (χ1v) is 8.08. The molecule has 0 amide bonds. The Balaban J connectivity index is 1.69. The van der Waals surface area contributed by atoms with Crippen molar-refractivity contribution in [2.24, 2.45) is 5.92 Å². The van der Waals surface area contributed by atoms with Crippen molar-refractivity contribution < 1.29 is 5.11 Å². The minimum absolute atomic E-state index is 0.0678. The lowest BCUT2D eigenvalue weighted by Crippen LogP contribution is -2.21. The summed E-state index contributed by atoms with van der Waals surface area (Å²) in [6.45, 7) is 0. The van der Waals surface area contributed by atoms with Gasteiger partial charge in [0.1, 0.15) is 0 Å². The van der Waals surface area contributed by atoms with Crippen LogP contribution in [0.1, 0.15) is 63.4 Å². The first-order valence-electron chi connectivity index (χ1n) is 8.08. The Kier molecular flexibility index (Phi) is 6.43. The lowest BCUT2D eigenvalue weighted by Gasteiger charge is -2.24. The molecule has 19 heavy (non-hydrogen) atoms. The summed E-state index contributed by atoms with van der Waals surface area (Å²) in [4.78, 5) is 0. The lowest BCUT2D eigenvalue weighted by molar-refractivity contribution is 0.0814. The molecule has 0 saturated heterocycles. The lowest BCUT2D eigenvalue weighted by atomic mass is 9.85. The van der Waals surface area contributed by atoms with E-state index in [9.17, 15) is 5.11 Å². The van der Waals surface area contributed by atoms with Crippen LogP contribution >= 0.6 is 0 Å². The molecule has 0 bridgehead atoms. The first-order chi connectivity index (χ1) is 9.36. The average molecular weight is 260 g/mol. The molecule has 1 unspecified atom stereocenters. The van der Waals surface area contributed by atoms with Gasteiger partial charge in [-0.2, -0.15) is 0 Å². The van der Waals surface area contributed by atoms with Crippen molar-refractivity contribution in [2.75, 3.05) is 0 Å². The highest BCUT2D eigenvalue weighted by Gasteiger charge is 2.19. The minimum Gasteiger partial charge on any atom is -0.393 e. The van der Waals surface area contributed by atoms with Crippen LogP contribution in [0, 0.1) is 5.92 Å². The van der Waals surface area contributed by atoms with Crippen LogP contribution in [0.4, 0.5) is 0 Å². The second kappa shape index (κ2) is 8.37. The van der Waals surface area contributed by atoms with Gasteiger partial charge >= 0.3 is 0 Å². The molecule has 1 aliphatic rings. The van der Waals surface area contributed by atoms with E-state index in [1.165, 1.54) is 50.5 Å². The number of hydrogen-bond acceptors (Lipinski definition) is 1. The largest absolute Gasteiger partial charge is 0.393 e. The molecule has 1 nitrogen and oxygen atoms in total. The van der Waals surface area contributed by atoms with Crippen molar-refractivity contribution in [2.45, 2.75) is 70.3 Å². The summed E-state index contributed by atoms with van der Waals surface area (Å²) < 4.78 is 0. The van der Waals surface area contributed by atoms with E-state index in [0.29, 0.717) is 5.92 Å². The predicted octanol–water partition coefficient (Wildman–Crippen LogP) is 4.73. The molecular formula is C18H28O. The Bertz CT molecular complexity index is 325. The number of rotatable bonds is 5. The van der Waals surface area contributed by atoms with Crippen LogP contribution in [0.2, 0.25) is 0 Å². The fourth-order valence-electron chi connectivity index (χ4n) is 3.27. The maximum absolute atomic E-state index is 10.4. The summed E-state index contributed by atoms with van der Waals surface area (Å²) in [5.74, 6) is 0.566. The van der Waals surface area contributed by atoms with Gasteiger partial charge in [0.2, 0.25) is 0 Å². The Morgan fingerprint density at radius 3 is 2.26 bits per heavy atom. The summed E-state index contributed by atoms with van der Waals surface area (Å²) in [6.07, 6.45) is 12.4. The van der Waals surface area contributed by atoms with E-state index in [4.69, 9.17) is 0 Å². The van der Waals surface area contributed by atoms with Gasteiger partial charge in [-0.3, -0.25) is 0 Å². The monoisotopic (exact) mass is 260 g/mol. The van der Waals surface area contributed by atoms with E-state index < -0.39 is 0 Å². The van der Waals surface area contributed by atoms with Gasteiger partial charge < -0.3 is 5.11 Å². The highest BCUT2D eigenvalue weighted by Crippen LogP contribution is 2.27. The summed E-state index contributed by atoms with van der Waals surface area (Å²) in [5, 5.41) is 10.4. The molecule has 0 radical (unpaired) electrons. The third-order valence-corrected chi connectivity index (χ3v) is 4.50. The van der Waals surface area contributed by atoms with E-state index in [1.807, 2.05) is 0 Å². The number of aryl methyl sites for hydroxylation is 1. The molecule has 1 aromatic carbocycles. The molecule has 1 N–H and O–H groups in total. The number of aliphatic hydroxyl groups is 1. The first kappa shape index (κ1) is 14.6. The van der Waals surface area contributed by atoms with Crippen molar-refractivity contribution in [1.82, 2.24) is 0 Å². The molecule has 2 rings (SSSR count). The van der Waals surface area contributed by atoms with Crippen LogP contribution in [0.15, 0.2) is 30.3 Å². The fourth-order valence-corrected chi connectivity index (χ4v) is 3.27. The zero-order chi connectivity index (χ0) is 13.3. The third kappa shape index (κ3) is 5.36. The summed E-state index contributed by atoms with van der Waals surface area (Å²) >= 11 is 0. The molecule has 0 spiro atoms. The number of benzene rings is 1. The molecule has 0 aromatic heterocycles. The second-order valence-corrected chi connectivity index (χ2v) is 6.05. The van der Waals surface area contributed by atoms with Crippen LogP contribution in [-0.4, -0.2) is 11.2 Å². The van der Waals surface area contributed by atoms with E-state index in [1.54, 1.807) is 0 Å². The van der Waals surface area contributed by atoms with Crippen molar-refractivity contribution in [3.63, 3.8) is 0 Å². The molecule has 1 aromatic rings. The second-order valence-electron chi connectivity index (χ2n) is 6.05. The zero-order valence-electron chi connectivity index (χ0n) is 12.1. The fraction of sp³-hybridized carbons (Fsp3) is 0.667. The number of aliphatic hydroxyl groups excluding tert-OH is 1. The molecule has 106 valence electrons. The predicted molar refractivity (Wildman–Crippen MR) is 81.2 cm³/mol. The zero-order valence-corrected chi connectivity index (χ0v) is 12.1. The third-order valence-electron chi connectivity index (χ3n) is 4.50. The topological polar surface area (TPSA) is 20.2 Å². The van der Waals surface area contributed by atoms with E-state index in [-0.39, 0.29) is 6.10 Å². The summed E-state index contributed by atoms with van der Waals surface area (Å²) in [6, 6.07) is 10.6. The highest BCUT2D eigenvalue weighted by atomic mass is 16.3. The molecule has 1 fully saturated rings. The van der Waals surface area contributed by atoms with E-state index in [2.05, 4.69) is 30.3 Å². The van der Waals surface area contributed by atoms with Crippen LogP contribution < -0.4 is 0 Å². The molecule has 1 aliphatic carbocycles. The van der Waals surface area contributed by atoms with Crippen LogP contribution in [0.5, 0.6) is 0 Å². The normalized spacial score (nSPS) is 19.6. The van der Waals surface area contributed by atoms with Crippen molar-refractivity contribution >= 4 is 0 Å². The van der Waals surface area contributed by atoms with Crippen molar-refractivity contribution in [3.05, 3.63) is 35.9 Å². The van der Waals surface area contributed by atoms with E-state index in [0.717, 1.165) is 19.3 Å². The molecule has 1 saturated carbocycles. The van der Waals surface area contributed by atoms with Gasteiger partial charge in [0.25, 0.3) is 0 Å². The maximum Gasteiger partial charge on any atom is 0.0568 e. The van der Waals surface area contributed by atoms with Gasteiger partial charge in [-0.15, -0.1) is 0 Å². The Morgan fingerprint density at radius 2 is 1.58 bits per heavy atom. The van der Waals surface area contributed by atoms with Crippen LogP contribution in [-0.2, 0) is 6.42 Å². The van der Waals surface area contributed by atoms with Crippen molar-refractivity contribution in [1.29, 1.82) is 0 Å². The summed E-state index contributed by atoms with van der Waals surface area (Å²) in [5.41, 5.74) is 1.40. The molecule has 0 heterocycles. The maximum atomic E-state index is 10.4. The summed E-state index contributed by atoms with van der Waals surface area (Å²) in [7, 11) is 0. The Labute approximate surface area is 118 Å². The molecule has 0 aliphatic heterocycles. The SMILES string of the molecule is OC(CCCc1ccccc1)C1CCCCCCC1. The quantitative estimate of drug-likeness (QED) is 0.811. The smallest absolute Gasteiger partial charge is 0.0568 e. The average Bonchev–Trinajstić information content (AvgIpc) is 2.39. The Morgan fingerprint density at radius 1 is 0.947 bits per heavy atom. The van der Waals surface area contributed by atoms with Gasteiger partial charge in [-0.1, -0.05) is 62.4 Å². The van der Waals surface area contributed by atoms with Crippen LogP contribution in [0.25, 0.3) is 0 Å². The van der Waals surface area contributed by atoms with Gasteiger partial charge in [-0.25, -0.2) is 0 Å². The standard InChI is InChI=1S/C18H28O/c19-18(17-13-7-2-1-3-8-14-17)15-9-12-16-10-5-4-6-11-16/h4-6,10-11,17-19H,1-3,7-9,12-15H2. The van der Waals surface area contributed by atoms with Crippen molar-refractivity contribution in [3.8, 4) is 0 Å². The van der Waals surface area contributed by atoms with Crippen LogP contribution in [0.3, 0.4) is 0 Å². The minimum atomic E-state index is -0.0678. The molecule has 1 heteroatoms. The van der Waals surface area contributed by atoms with Gasteiger partial charge in [-0.05, 0) is 43.6 Å². The Hall–Kier alpha value is -0.820. The van der Waals surface area contributed by atoms with E-state index >= 15 is 0 Å². The molecule has 1 atom stereocenters. The highest BCUT2D eigenvalue weighted by molar-refractivity contribution is 5.14. The van der Waals surface area contributed by atoms with Gasteiger partial charge in [0.15, 0.2) is 0 Å². The molecular weight excluding hydrogens is 232 g/mol. The number of hydrogen-bond donors (Lipinski definition) is 1. The van der Waals surface area contributed by atoms with Gasteiger partial charge in [0.05, 0.1) is 6.10 Å². The van der Waals surface area contributed by atoms with Gasteiger partial charge in [0, 0.05) is 0 Å².